The summed E-state index contributed by atoms with van der Waals surface area (Å²) in [7, 11) is 0. The van der Waals surface area contributed by atoms with Crippen molar-refractivity contribution in [3.8, 4) is 0 Å². The van der Waals surface area contributed by atoms with E-state index in [0.29, 0.717) is 0 Å². The summed E-state index contributed by atoms with van der Waals surface area (Å²) in [6.45, 7) is 4.55. The van der Waals surface area contributed by atoms with Crippen LogP contribution in [0.5, 0.6) is 0 Å². The van der Waals surface area contributed by atoms with Crippen LogP contribution in [0.3, 0.4) is 0 Å². The van der Waals surface area contributed by atoms with Crippen LogP contribution < -0.4 is 10.2 Å². The van der Waals surface area contributed by atoms with Gasteiger partial charge in [-0.3, -0.25) is 0 Å². The number of aliphatic carboxylic acids is 2. The quantitative estimate of drug-likeness (QED) is 0.0485. The van der Waals surface area contributed by atoms with Gasteiger partial charge in [-0.05, 0) is 25.7 Å². The van der Waals surface area contributed by atoms with Gasteiger partial charge < -0.3 is 19.8 Å². The summed E-state index contributed by atoms with van der Waals surface area (Å²) >= 11 is 0. The second-order valence-electron chi connectivity index (χ2n) is 13.6. The number of hydrogen-bond donors (Lipinski definition) is 0. The van der Waals surface area contributed by atoms with E-state index in [0.717, 1.165) is 25.7 Å². The first-order chi connectivity index (χ1) is 21.5. The Morgan fingerprint density at radius 3 is 0.556 bits per heavy atom. The first kappa shape index (κ1) is 48.9. The Labute approximate surface area is 292 Å². The average molecular weight is 687 g/mol. The van der Waals surface area contributed by atoms with Gasteiger partial charge in [-0.15, -0.1) is 0 Å². The predicted octanol–water partition coefficient (Wildman–Crippen LogP) is 11.6. The third-order valence-electron chi connectivity index (χ3n) is 8.97. The van der Waals surface area contributed by atoms with Gasteiger partial charge in [0.2, 0.25) is 0 Å². The molecule has 0 saturated heterocycles. The molecule has 0 aliphatic heterocycles. The van der Waals surface area contributed by atoms with Gasteiger partial charge in [0.25, 0.3) is 0 Å². The maximum atomic E-state index is 10.2. The van der Waals surface area contributed by atoms with Crippen molar-refractivity contribution in [1.82, 2.24) is 0 Å². The van der Waals surface area contributed by atoms with Crippen LogP contribution in [-0.4, -0.2) is 11.9 Å². The Morgan fingerprint density at radius 1 is 0.289 bits per heavy atom. The molecule has 0 rings (SSSR count). The third-order valence-corrected chi connectivity index (χ3v) is 8.97. The predicted molar refractivity (Wildman–Crippen MR) is 188 cm³/mol. The van der Waals surface area contributed by atoms with E-state index in [1.54, 1.807) is 0 Å². The number of carbonyl (C=O) groups excluding carboxylic acids is 2. The van der Waals surface area contributed by atoms with Crippen molar-refractivity contribution in [1.29, 1.82) is 0 Å². The van der Waals surface area contributed by atoms with E-state index < -0.39 is 11.9 Å². The Morgan fingerprint density at radius 2 is 0.422 bits per heavy atom. The first-order valence-corrected chi connectivity index (χ1v) is 19.9. The molecule has 0 N–H and O–H groups in total. The number of rotatable bonds is 36. The molecule has 273 valence electrons. The van der Waals surface area contributed by atoms with Crippen molar-refractivity contribution in [2.24, 2.45) is 0 Å². The minimum atomic E-state index is -0.902. The average Bonchev–Trinajstić information content (AvgIpc) is 3.00. The Balaban J connectivity index is -0.000000767. The molecule has 0 aromatic rings. The largest absolute Gasteiger partial charge is 2.00 e. The smallest absolute Gasteiger partial charge is 0.550 e. The zero-order chi connectivity index (χ0) is 32.6. The Hall–Kier alpha value is -0.541. The molecule has 0 spiro atoms. The molecule has 0 aromatic carbocycles. The van der Waals surface area contributed by atoms with Crippen LogP contribution in [0.4, 0.5) is 0 Å². The van der Waals surface area contributed by atoms with Crippen LogP contribution >= 0.6 is 0 Å². The minimum absolute atomic E-state index is 0. The van der Waals surface area contributed by atoms with Gasteiger partial charge in [0.05, 0.1) is 0 Å². The number of carboxylic acids is 2. The van der Waals surface area contributed by atoms with E-state index in [9.17, 15) is 19.8 Å². The van der Waals surface area contributed by atoms with E-state index in [1.807, 2.05) is 0 Å². The van der Waals surface area contributed by atoms with Crippen molar-refractivity contribution in [3.05, 3.63) is 0 Å². The summed E-state index contributed by atoms with van der Waals surface area (Å²) in [6, 6.07) is 0. The van der Waals surface area contributed by atoms with E-state index in [1.165, 1.54) is 193 Å². The zero-order valence-electron chi connectivity index (χ0n) is 30.4. The van der Waals surface area contributed by atoms with Crippen LogP contribution in [-0.2, 0) is 26.7 Å². The SMILES string of the molecule is CCCCCCCCCCCCCCCCCCCC(=O)[O-].CCCCCCCCCCCCCCCCCCCC(=O)[O-].[Cu+2]. The fourth-order valence-electron chi connectivity index (χ4n) is 5.99. The maximum absolute atomic E-state index is 10.2. The molecule has 5 heteroatoms. The summed E-state index contributed by atoms with van der Waals surface area (Å²) < 4.78 is 0. The second-order valence-corrected chi connectivity index (χ2v) is 13.6. The second kappa shape index (κ2) is 45.6. The van der Waals surface area contributed by atoms with Gasteiger partial charge >= 0.3 is 17.1 Å². The summed E-state index contributed by atoms with van der Waals surface area (Å²) in [5.41, 5.74) is 0. The molecule has 0 aromatic heterocycles. The fraction of sp³-hybridized carbons (Fsp3) is 0.950. The zero-order valence-corrected chi connectivity index (χ0v) is 31.3. The molecule has 0 aliphatic carbocycles. The molecule has 0 amide bonds. The standard InChI is InChI=1S/2C20H40O2.Cu/c2*1-2-3-4-5-6-7-8-9-10-11-12-13-14-15-16-17-18-19-20(21)22;/h2*2-19H2,1H3,(H,21,22);/q;;+2/p-2. The van der Waals surface area contributed by atoms with Gasteiger partial charge in [0, 0.05) is 11.9 Å². The van der Waals surface area contributed by atoms with Crippen molar-refractivity contribution >= 4 is 11.9 Å². The normalized spacial score (nSPS) is 10.7. The molecule has 4 nitrogen and oxygen atoms in total. The molecule has 0 unspecified atom stereocenters. The summed E-state index contributed by atoms with van der Waals surface area (Å²) in [5, 5.41) is 20.5. The molecule has 0 aliphatic rings. The molecule has 0 bridgehead atoms. The van der Waals surface area contributed by atoms with Gasteiger partial charge in [-0.25, -0.2) is 0 Å². The minimum Gasteiger partial charge on any atom is -0.550 e. The maximum Gasteiger partial charge on any atom is 2.00 e. The van der Waals surface area contributed by atoms with Gasteiger partial charge in [-0.1, -0.05) is 219 Å². The van der Waals surface area contributed by atoms with Gasteiger partial charge in [0.1, 0.15) is 0 Å². The van der Waals surface area contributed by atoms with Crippen LogP contribution in [0.15, 0.2) is 0 Å². The van der Waals surface area contributed by atoms with Crippen LogP contribution in [0.1, 0.15) is 245 Å². The molecule has 0 atom stereocenters. The summed E-state index contributed by atoms with van der Waals surface area (Å²) in [5.74, 6) is -1.80. The van der Waals surface area contributed by atoms with Crippen molar-refractivity contribution < 1.29 is 36.9 Å². The van der Waals surface area contributed by atoms with Crippen molar-refractivity contribution in [2.45, 2.75) is 245 Å². The molecular formula is C40H78CuO4. The first-order valence-electron chi connectivity index (χ1n) is 19.9. The number of unbranched alkanes of at least 4 members (excludes halogenated alkanes) is 32. The molecule has 0 heterocycles. The number of carboxylic acid groups (broad SMARTS) is 2. The van der Waals surface area contributed by atoms with Gasteiger partial charge in [-0.2, -0.15) is 0 Å². The van der Waals surface area contributed by atoms with E-state index in [2.05, 4.69) is 13.8 Å². The van der Waals surface area contributed by atoms with E-state index >= 15 is 0 Å². The number of carbonyl (C=O) groups is 2. The van der Waals surface area contributed by atoms with Gasteiger partial charge in [0.15, 0.2) is 0 Å². The van der Waals surface area contributed by atoms with Crippen molar-refractivity contribution in [3.63, 3.8) is 0 Å². The molecule has 1 radical (unpaired) electrons. The van der Waals surface area contributed by atoms with Crippen LogP contribution in [0, 0.1) is 0 Å². The van der Waals surface area contributed by atoms with Crippen LogP contribution in [0.25, 0.3) is 0 Å². The topological polar surface area (TPSA) is 80.3 Å². The Kier molecular flexibility index (Phi) is 49.5. The molecule has 45 heavy (non-hydrogen) atoms. The van der Waals surface area contributed by atoms with E-state index in [4.69, 9.17) is 0 Å². The Bertz CT molecular complexity index is 506. The molecular weight excluding hydrogens is 608 g/mol. The monoisotopic (exact) mass is 686 g/mol. The molecule has 0 fully saturated rings. The van der Waals surface area contributed by atoms with E-state index in [-0.39, 0.29) is 29.9 Å². The summed E-state index contributed by atoms with van der Waals surface area (Å²) in [6.07, 6.45) is 45.6. The fourth-order valence-corrected chi connectivity index (χ4v) is 5.99. The molecule has 0 saturated carbocycles. The number of hydrogen-bond acceptors (Lipinski definition) is 4. The van der Waals surface area contributed by atoms with Crippen LogP contribution in [0.2, 0.25) is 0 Å². The third kappa shape index (κ3) is 53.2. The van der Waals surface area contributed by atoms with Crippen molar-refractivity contribution in [2.75, 3.05) is 0 Å². The summed E-state index contributed by atoms with van der Waals surface area (Å²) in [4.78, 5) is 20.5.